The van der Waals surface area contributed by atoms with Crippen LogP contribution in [0.3, 0.4) is 0 Å². The number of hydrogen-bond donors (Lipinski definition) is 2. The van der Waals surface area contributed by atoms with E-state index in [0.717, 1.165) is 22.6 Å². The minimum absolute atomic E-state index is 0.316. The van der Waals surface area contributed by atoms with Crippen molar-refractivity contribution in [2.45, 2.75) is 17.6 Å². The highest BCUT2D eigenvalue weighted by Gasteiger charge is 1.99. The van der Waals surface area contributed by atoms with E-state index in [1.807, 2.05) is 31.2 Å². The van der Waals surface area contributed by atoms with Crippen molar-refractivity contribution in [3.8, 4) is 5.75 Å². The van der Waals surface area contributed by atoms with Crippen molar-refractivity contribution >= 4 is 17.4 Å². The highest BCUT2D eigenvalue weighted by molar-refractivity contribution is 7.98. The molecule has 0 aliphatic carbocycles. The predicted octanol–water partition coefficient (Wildman–Crippen LogP) is 3.58. The second-order valence-corrected chi connectivity index (χ2v) is 5.03. The molecule has 3 heteroatoms. The van der Waals surface area contributed by atoms with E-state index in [-0.39, 0.29) is 0 Å². The number of rotatable bonds is 3. The van der Waals surface area contributed by atoms with Crippen molar-refractivity contribution in [3.63, 3.8) is 0 Å². The third kappa shape index (κ3) is 3.17. The summed E-state index contributed by atoms with van der Waals surface area (Å²) in [5.74, 6) is 1.16. The summed E-state index contributed by atoms with van der Waals surface area (Å²) in [4.78, 5) is 1.19. The van der Waals surface area contributed by atoms with Crippen LogP contribution in [-0.4, -0.2) is 5.11 Å². The van der Waals surface area contributed by atoms with E-state index < -0.39 is 0 Å². The number of hydrogen-bond acceptors (Lipinski definition) is 3. The van der Waals surface area contributed by atoms with Crippen LogP contribution in [0.15, 0.2) is 47.4 Å². The standard InChI is InChI=1S/C14H15NOS/c1-10-7-13(5-6-14(10)15)17-9-11-3-2-4-12(16)8-11/h2-8,16H,9,15H2,1H3. The van der Waals surface area contributed by atoms with Crippen LogP contribution >= 0.6 is 11.8 Å². The van der Waals surface area contributed by atoms with Gasteiger partial charge in [0.25, 0.3) is 0 Å². The Labute approximate surface area is 105 Å². The first-order valence-corrected chi connectivity index (χ1v) is 6.40. The number of phenolic OH excluding ortho intramolecular Hbond substituents is 1. The van der Waals surface area contributed by atoms with Crippen molar-refractivity contribution in [2.75, 3.05) is 5.73 Å². The Balaban J connectivity index is 2.05. The molecule has 3 N–H and O–H groups in total. The van der Waals surface area contributed by atoms with Crippen LogP contribution in [0.4, 0.5) is 5.69 Å². The lowest BCUT2D eigenvalue weighted by molar-refractivity contribution is 0.475. The second kappa shape index (κ2) is 5.15. The van der Waals surface area contributed by atoms with E-state index in [1.54, 1.807) is 23.9 Å². The summed E-state index contributed by atoms with van der Waals surface area (Å²) < 4.78 is 0. The molecule has 17 heavy (non-hydrogen) atoms. The van der Waals surface area contributed by atoms with Crippen LogP contribution in [0.25, 0.3) is 0 Å². The number of nitrogen functional groups attached to an aromatic ring is 1. The van der Waals surface area contributed by atoms with Gasteiger partial charge in [-0.05, 0) is 48.4 Å². The molecule has 2 aromatic carbocycles. The van der Waals surface area contributed by atoms with E-state index in [1.165, 1.54) is 4.90 Å². The lowest BCUT2D eigenvalue weighted by atomic mass is 10.2. The monoisotopic (exact) mass is 245 g/mol. The number of nitrogens with two attached hydrogens (primary N) is 1. The maximum Gasteiger partial charge on any atom is 0.115 e. The molecular weight excluding hydrogens is 230 g/mol. The first-order valence-electron chi connectivity index (χ1n) is 5.42. The Morgan fingerprint density at radius 2 is 2.00 bits per heavy atom. The summed E-state index contributed by atoms with van der Waals surface area (Å²) >= 11 is 1.74. The fourth-order valence-corrected chi connectivity index (χ4v) is 2.49. The molecule has 0 atom stereocenters. The smallest absolute Gasteiger partial charge is 0.115 e. The number of aryl methyl sites for hydroxylation is 1. The highest BCUT2D eigenvalue weighted by atomic mass is 32.2. The quantitative estimate of drug-likeness (QED) is 0.642. The zero-order chi connectivity index (χ0) is 12.3. The first-order chi connectivity index (χ1) is 8.15. The van der Waals surface area contributed by atoms with Gasteiger partial charge in [-0.3, -0.25) is 0 Å². The number of aromatic hydroxyl groups is 1. The van der Waals surface area contributed by atoms with Crippen LogP contribution in [0.5, 0.6) is 5.75 Å². The third-order valence-electron chi connectivity index (χ3n) is 2.56. The Hall–Kier alpha value is -1.61. The zero-order valence-corrected chi connectivity index (χ0v) is 10.5. The lowest BCUT2D eigenvalue weighted by Crippen LogP contribution is -1.89. The molecule has 0 heterocycles. The number of phenols is 1. The highest BCUT2D eigenvalue weighted by Crippen LogP contribution is 2.26. The van der Waals surface area contributed by atoms with Crippen LogP contribution < -0.4 is 5.73 Å². The van der Waals surface area contributed by atoms with Gasteiger partial charge in [0.15, 0.2) is 0 Å². The molecule has 0 bridgehead atoms. The molecule has 0 aromatic heterocycles. The Bertz CT molecular complexity index is 525. The van der Waals surface area contributed by atoms with Crippen LogP contribution in [0, 0.1) is 6.92 Å². The van der Waals surface area contributed by atoms with E-state index >= 15 is 0 Å². The molecule has 0 aliphatic rings. The minimum Gasteiger partial charge on any atom is -0.508 e. The molecule has 0 amide bonds. The van der Waals surface area contributed by atoms with E-state index in [4.69, 9.17) is 5.73 Å². The summed E-state index contributed by atoms with van der Waals surface area (Å²) in [5.41, 5.74) is 8.82. The van der Waals surface area contributed by atoms with Gasteiger partial charge in [-0.1, -0.05) is 12.1 Å². The average Bonchev–Trinajstić information content (AvgIpc) is 2.31. The number of benzene rings is 2. The maximum absolute atomic E-state index is 9.36. The first kappa shape index (κ1) is 11.9. The predicted molar refractivity (Wildman–Crippen MR) is 73.3 cm³/mol. The fourth-order valence-electron chi connectivity index (χ4n) is 1.55. The van der Waals surface area contributed by atoms with Crippen molar-refractivity contribution in [1.29, 1.82) is 0 Å². The van der Waals surface area contributed by atoms with Gasteiger partial charge < -0.3 is 10.8 Å². The van der Waals surface area contributed by atoms with Crippen LogP contribution in [0.2, 0.25) is 0 Å². The van der Waals surface area contributed by atoms with Gasteiger partial charge in [-0.15, -0.1) is 11.8 Å². The molecule has 2 nitrogen and oxygen atoms in total. The van der Waals surface area contributed by atoms with E-state index in [2.05, 4.69) is 6.07 Å². The average molecular weight is 245 g/mol. The van der Waals surface area contributed by atoms with Crippen molar-refractivity contribution in [2.24, 2.45) is 0 Å². The molecule has 2 rings (SSSR count). The zero-order valence-electron chi connectivity index (χ0n) is 9.68. The van der Waals surface area contributed by atoms with Gasteiger partial charge in [0.05, 0.1) is 0 Å². The Kier molecular flexibility index (Phi) is 3.59. The third-order valence-corrected chi connectivity index (χ3v) is 3.62. The fraction of sp³-hybridized carbons (Fsp3) is 0.143. The van der Waals surface area contributed by atoms with Crippen molar-refractivity contribution in [1.82, 2.24) is 0 Å². The summed E-state index contributed by atoms with van der Waals surface area (Å²) in [7, 11) is 0. The summed E-state index contributed by atoms with van der Waals surface area (Å²) in [6, 6.07) is 13.4. The van der Waals surface area contributed by atoms with Gasteiger partial charge in [0.1, 0.15) is 5.75 Å². The second-order valence-electron chi connectivity index (χ2n) is 3.98. The van der Waals surface area contributed by atoms with Gasteiger partial charge in [-0.25, -0.2) is 0 Å². The van der Waals surface area contributed by atoms with Crippen molar-refractivity contribution < 1.29 is 5.11 Å². The molecule has 0 spiro atoms. The molecule has 0 saturated heterocycles. The SMILES string of the molecule is Cc1cc(SCc2cccc(O)c2)ccc1N. The molecule has 0 saturated carbocycles. The molecule has 88 valence electrons. The molecule has 0 aliphatic heterocycles. The molecular formula is C14H15NOS. The maximum atomic E-state index is 9.36. The van der Waals surface area contributed by atoms with E-state index in [9.17, 15) is 5.11 Å². The minimum atomic E-state index is 0.316. The lowest BCUT2D eigenvalue weighted by Gasteiger charge is -2.05. The van der Waals surface area contributed by atoms with Crippen molar-refractivity contribution in [3.05, 3.63) is 53.6 Å². The molecule has 0 fully saturated rings. The van der Waals surface area contributed by atoms with Gasteiger partial charge >= 0.3 is 0 Å². The Morgan fingerprint density at radius 3 is 2.71 bits per heavy atom. The van der Waals surface area contributed by atoms with Gasteiger partial charge in [0, 0.05) is 16.3 Å². The number of anilines is 1. The largest absolute Gasteiger partial charge is 0.508 e. The Morgan fingerprint density at radius 1 is 1.18 bits per heavy atom. The van der Waals surface area contributed by atoms with E-state index in [0.29, 0.717) is 5.75 Å². The number of thioether (sulfide) groups is 1. The normalized spacial score (nSPS) is 10.4. The topological polar surface area (TPSA) is 46.2 Å². The summed E-state index contributed by atoms with van der Waals surface area (Å²) in [6.45, 7) is 2.01. The van der Waals surface area contributed by atoms with Gasteiger partial charge in [-0.2, -0.15) is 0 Å². The molecule has 0 radical (unpaired) electrons. The van der Waals surface area contributed by atoms with Crippen LogP contribution in [-0.2, 0) is 5.75 Å². The van der Waals surface area contributed by atoms with Gasteiger partial charge in [0.2, 0.25) is 0 Å². The molecule has 0 unspecified atom stereocenters. The molecule has 2 aromatic rings. The summed E-state index contributed by atoms with van der Waals surface area (Å²) in [6.07, 6.45) is 0. The van der Waals surface area contributed by atoms with Crippen LogP contribution in [0.1, 0.15) is 11.1 Å². The summed E-state index contributed by atoms with van der Waals surface area (Å²) in [5, 5.41) is 9.36.